The number of benzene rings is 1. The first-order valence-electron chi connectivity index (χ1n) is 5.40. The van der Waals surface area contributed by atoms with Gasteiger partial charge >= 0.3 is 5.97 Å². The van der Waals surface area contributed by atoms with Crippen LogP contribution >= 0.6 is 15.9 Å². The highest BCUT2D eigenvalue weighted by molar-refractivity contribution is 9.10. The average molecular weight is 302 g/mol. The number of carbonyl (C=O) groups is 1. The second-order valence-electron chi connectivity index (χ2n) is 3.72. The Balaban J connectivity index is 2.55. The van der Waals surface area contributed by atoms with E-state index < -0.39 is 6.10 Å². The van der Waals surface area contributed by atoms with Crippen molar-refractivity contribution >= 4 is 27.6 Å². The molecule has 0 spiro atoms. The van der Waals surface area contributed by atoms with Crippen LogP contribution in [-0.4, -0.2) is 23.8 Å². The molecule has 0 aliphatic rings. The lowest BCUT2D eigenvalue weighted by Gasteiger charge is -2.11. The van der Waals surface area contributed by atoms with Crippen molar-refractivity contribution in [3.8, 4) is 0 Å². The number of rotatable bonds is 5. The summed E-state index contributed by atoms with van der Waals surface area (Å²) in [5.41, 5.74) is 7.18. The molecule has 94 valence electrons. The molecule has 0 fully saturated rings. The fourth-order valence-electron chi connectivity index (χ4n) is 1.47. The molecule has 0 bridgehead atoms. The molecular formula is C12H16BrNO3. The summed E-state index contributed by atoms with van der Waals surface area (Å²) < 4.78 is 5.60. The molecular weight excluding hydrogens is 286 g/mol. The first-order valence-corrected chi connectivity index (χ1v) is 6.19. The van der Waals surface area contributed by atoms with Gasteiger partial charge < -0.3 is 15.6 Å². The van der Waals surface area contributed by atoms with E-state index in [2.05, 4.69) is 15.9 Å². The van der Waals surface area contributed by atoms with Crippen LogP contribution in [0, 0.1) is 0 Å². The van der Waals surface area contributed by atoms with E-state index in [0.29, 0.717) is 18.7 Å². The Morgan fingerprint density at radius 1 is 1.59 bits per heavy atom. The molecule has 0 saturated carbocycles. The van der Waals surface area contributed by atoms with Crippen LogP contribution in [0.25, 0.3) is 0 Å². The molecule has 0 saturated heterocycles. The lowest BCUT2D eigenvalue weighted by molar-refractivity contribution is -0.145. The smallest absolute Gasteiger partial charge is 0.308 e. The fourth-order valence-corrected chi connectivity index (χ4v) is 2.03. The molecule has 1 unspecified atom stereocenters. The van der Waals surface area contributed by atoms with Gasteiger partial charge in [-0.15, -0.1) is 0 Å². The zero-order valence-electron chi connectivity index (χ0n) is 9.65. The highest BCUT2D eigenvalue weighted by Crippen LogP contribution is 2.21. The normalized spacial score (nSPS) is 12.2. The monoisotopic (exact) mass is 301 g/mol. The number of aliphatic hydroxyl groups is 1. The van der Waals surface area contributed by atoms with E-state index in [1.165, 1.54) is 0 Å². The SMILES string of the molecule is CCOC(=O)CC(O)Cc1ccc(N)cc1Br. The maximum Gasteiger partial charge on any atom is 0.308 e. The van der Waals surface area contributed by atoms with Gasteiger partial charge in [0.25, 0.3) is 0 Å². The minimum atomic E-state index is -0.742. The minimum absolute atomic E-state index is 0.00462. The summed E-state index contributed by atoms with van der Waals surface area (Å²) in [5.74, 6) is -0.383. The molecule has 0 radical (unpaired) electrons. The average Bonchev–Trinajstić information content (AvgIpc) is 2.22. The van der Waals surface area contributed by atoms with E-state index in [-0.39, 0.29) is 12.4 Å². The van der Waals surface area contributed by atoms with Crippen molar-refractivity contribution in [2.24, 2.45) is 0 Å². The Kier molecular flexibility index (Phi) is 5.44. The molecule has 1 rings (SSSR count). The van der Waals surface area contributed by atoms with Crippen molar-refractivity contribution in [3.05, 3.63) is 28.2 Å². The van der Waals surface area contributed by atoms with E-state index in [0.717, 1.165) is 10.0 Å². The standard InChI is InChI=1S/C12H16BrNO3/c1-2-17-12(16)7-10(15)5-8-3-4-9(14)6-11(8)13/h3-4,6,10,15H,2,5,7,14H2,1H3. The maximum atomic E-state index is 11.2. The van der Waals surface area contributed by atoms with Gasteiger partial charge in [-0.3, -0.25) is 4.79 Å². The van der Waals surface area contributed by atoms with Gasteiger partial charge in [-0.1, -0.05) is 22.0 Å². The van der Waals surface area contributed by atoms with Gasteiger partial charge in [0.15, 0.2) is 0 Å². The van der Waals surface area contributed by atoms with Crippen molar-refractivity contribution in [1.29, 1.82) is 0 Å². The summed E-state index contributed by atoms with van der Waals surface area (Å²) in [6, 6.07) is 5.36. The number of hydrogen-bond acceptors (Lipinski definition) is 4. The summed E-state index contributed by atoms with van der Waals surface area (Å²) in [4.78, 5) is 11.2. The molecule has 4 nitrogen and oxygen atoms in total. The first kappa shape index (κ1) is 14.0. The van der Waals surface area contributed by atoms with E-state index in [1.807, 2.05) is 6.07 Å². The third-order valence-corrected chi connectivity index (χ3v) is 2.98. The Morgan fingerprint density at radius 2 is 2.29 bits per heavy atom. The second kappa shape index (κ2) is 6.61. The van der Waals surface area contributed by atoms with Gasteiger partial charge in [-0.25, -0.2) is 0 Å². The van der Waals surface area contributed by atoms with Crippen LogP contribution in [0.1, 0.15) is 18.9 Å². The summed E-state index contributed by atoms with van der Waals surface area (Å²) in [6.07, 6.45) is -0.349. The largest absolute Gasteiger partial charge is 0.466 e. The fraction of sp³-hybridized carbons (Fsp3) is 0.417. The van der Waals surface area contributed by atoms with Crippen LogP contribution in [0.5, 0.6) is 0 Å². The van der Waals surface area contributed by atoms with Crippen molar-refractivity contribution in [2.45, 2.75) is 25.9 Å². The molecule has 1 atom stereocenters. The molecule has 1 aromatic rings. The molecule has 0 amide bonds. The van der Waals surface area contributed by atoms with Crippen LogP contribution in [0.15, 0.2) is 22.7 Å². The Bertz CT molecular complexity index is 395. The predicted octanol–water partition coefficient (Wildman–Crippen LogP) is 1.89. The Morgan fingerprint density at radius 3 is 2.88 bits per heavy atom. The van der Waals surface area contributed by atoms with Crippen LogP contribution < -0.4 is 5.73 Å². The molecule has 3 N–H and O–H groups in total. The highest BCUT2D eigenvalue weighted by atomic mass is 79.9. The zero-order chi connectivity index (χ0) is 12.8. The first-order chi connectivity index (χ1) is 8.02. The number of anilines is 1. The van der Waals surface area contributed by atoms with Gasteiger partial charge in [0.1, 0.15) is 0 Å². The predicted molar refractivity (Wildman–Crippen MR) is 69.5 cm³/mol. The molecule has 0 aromatic heterocycles. The number of ether oxygens (including phenoxy) is 1. The van der Waals surface area contributed by atoms with Crippen molar-refractivity contribution in [2.75, 3.05) is 12.3 Å². The molecule has 5 heteroatoms. The van der Waals surface area contributed by atoms with Gasteiger partial charge in [0, 0.05) is 16.6 Å². The number of esters is 1. The number of aliphatic hydroxyl groups excluding tert-OH is 1. The number of carbonyl (C=O) groups excluding carboxylic acids is 1. The van der Waals surface area contributed by atoms with E-state index in [4.69, 9.17) is 10.5 Å². The maximum absolute atomic E-state index is 11.2. The molecule has 0 aliphatic heterocycles. The van der Waals surface area contributed by atoms with E-state index in [1.54, 1.807) is 19.1 Å². The molecule has 0 aliphatic carbocycles. The van der Waals surface area contributed by atoms with E-state index in [9.17, 15) is 9.90 Å². The van der Waals surface area contributed by atoms with Crippen LogP contribution in [0.2, 0.25) is 0 Å². The van der Waals surface area contributed by atoms with E-state index >= 15 is 0 Å². The highest BCUT2D eigenvalue weighted by Gasteiger charge is 2.13. The number of nitrogen functional groups attached to an aromatic ring is 1. The van der Waals surface area contributed by atoms with Crippen LogP contribution in [0.4, 0.5) is 5.69 Å². The third-order valence-electron chi connectivity index (χ3n) is 2.24. The second-order valence-corrected chi connectivity index (χ2v) is 4.57. The summed E-state index contributed by atoms with van der Waals surface area (Å²) in [7, 11) is 0. The number of halogens is 1. The van der Waals surface area contributed by atoms with Crippen LogP contribution in [-0.2, 0) is 16.0 Å². The summed E-state index contributed by atoms with van der Waals surface area (Å²) in [5, 5.41) is 9.74. The van der Waals surface area contributed by atoms with Crippen molar-refractivity contribution < 1.29 is 14.6 Å². The summed E-state index contributed by atoms with van der Waals surface area (Å²) in [6.45, 7) is 2.07. The molecule has 1 aromatic carbocycles. The van der Waals surface area contributed by atoms with Gasteiger partial charge in [-0.2, -0.15) is 0 Å². The summed E-state index contributed by atoms with van der Waals surface area (Å²) >= 11 is 3.37. The van der Waals surface area contributed by atoms with Gasteiger partial charge in [-0.05, 0) is 24.6 Å². The van der Waals surface area contributed by atoms with Gasteiger partial charge in [0.2, 0.25) is 0 Å². The lowest BCUT2D eigenvalue weighted by Crippen LogP contribution is -2.18. The van der Waals surface area contributed by atoms with Crippen molar-refractivity contribution in [1.82, 2.24) is 0 Å². The third kappa shape index (κ3) is 4.75. The zero-order valence-corrected chi connectivity index (χ0v) is 11.2. The quantitative estimate of drug-likeness (QED) is 0.643. The Labute approximate surface area is 109 Å². The number of nitrogens with two attached hydrogens (primary N) is 1. The molecule has 17 heavy (non-hydrogen) atoms. The van der Waals surface area contributed by atoms with Gasteiger partial charge in [0.05, 0.1) is 19.1 Å². The lowest BCUT2D eigenvalue weighted by atomic mass is 10.1. The Hall–Kier alpha value is -1.07. The minimum Gasteiger partial charge on any atom is -0.466 e. The molecule has 0 heterocycles. The van der Waals surface area contributed by atoms with Crippen LogP contribution in [0.3, 0.4) is 0 Å². The number of hydrogen-bond donors (Lipinski definition) is 2. The van der Waals surface area contributed by atoms with Crippen molar-refractivity contribution in [3.63, 3.8) is 0 Å². The topological polar surface area (TPSA) is 72.5 Å².